The number of rotatable bonds is 7. The third-order valence-electron chi connectivity index (χ3n) is 7.75. The highest BCUT2D eigenvalue weighted by molar-refractivity contribution is 6.23. The van der Waals surface area contributed by atoms with Crippen molar-refractivity contribution in [1.29, 1.82) is 0 Å². The topological polar surface area (TPSA) is 102 Å². The van der Waals surface area contributed by atoms with Gasteiger partial charge in [-0.15, -0.1) is 11.6 Å². The third kappa shape index (κ3) is 7.02. The summed E-state index contributed by atoms with van der Waals surface area (Å²) in [4.78, 5) is 19.7. The van der Waals surface area contributed by atoms with E-state index in [2.05, 4.69) is 53.9 Å². The number of H-pyrrole nitrogens is 1. The molecule has 230 valence electrons. The first-order chi connectivity index (χ1) is 21.6. The number of aromatic nitrogens is 4. The molecule has 4 N–H and O–H groups in total. The number of halogens is 2. The molecule has 1 amide bonds. The monoisotopic (exact) mass is 624 g/mol. The van der Waals surface area contributed by atoms with Crippen molar-refractivity contribution in [3.8, 4) is 11.8 Å². The predicted octanol–water partition coefficient (Wildman–Crippen LogP) is 5.78. The van der Waals surface area contributed by atoms with Crippen LogP contribution in [0.15, 0.2) is 67.3 Å². The van der Waals surface area contributed by atoms with E-state index in [1.165, 1.54) is 12.1 Å². The standard InChI is InChI=1S/C34H34ClFN8O/c1-22-13-30(36)29(33(45)42-26-15-23(14-25(17-26)34(2,3)35)21-43-11-8-37-9-12-43)16-24(22)6-7-28-20-38-32-31(5-4-10-44(28)32)41-27-18-39-40-19-27/h4-5,10,13-20,37,41H,8-9,11-12,21H2,1-3H3,(H,39,40)(H,42,45). The SMILES string of the molecule is Cc1cc(F)c(C(=O)Nc2cc(CN3CCNCC3)cc(C(C)(C)Cl)c2)cc1C#Cc1cnc2c(Nc3cn[nH]c3)cccn12. The molecule has 45 heavy (non-hydrogen) atoms. The summed E-state index contributed by atoms with van der Waals surface area (Å²) in [6.45, 7) is 10.1. The second kappa shape index (κ2) is 12.7. The van der Waals surface area contributed by atoms with E-state index >= 15 is 4.39 Å². The van der Waals surface area contributed by atoms with Gasteiger partial charge in [-0.1, -0.05) is 12.0 Å². The van der Waals surface area contributed by atoms with Gasteiger partial charge < -0.3 is 16.0 Å². The normalized spacial score (nSPS) is 13.8. The molecule has 0 unspecified atom stereocenters. The van der Waals surface area contributed by atoms with Crippen LogP contribution < -0.4 is 16.0 Å². The summed E-state index contributed by atoms with van der Waals surface area (Å²) < 4.78 is 17.1. The number of alkyl halides is 1. The zero-order chi connectivity index (χ0) is 31.6. The van der Waals surface area contributed by atoms with Crippen LogP contribution in [0.4, 0.5) is 21.5 Å². The number of carbonyl (C=O) groups is 1. The Bertz CT molecular complexity index is 1910. The first kappa shape index (κ1) is 30.3. The quantitative estimate of drug-likeness (QED) is 0.135. The Balaban J connectivity index is 1.26. The highest BCUT2D eigenvalue weighted by Crippen LogP contribution is 2.31. The zero-order valence-electron chi connectivity index (χ0n) is 25.3. The van der Waals surface area contributed by atoms with E-state index in [-0.39, 0.29) is 5.56 Å². The largest absolute Gasteiger partial charge is 0.350 e. The second-order valence-electron chi connectivity index (χ2n) is 11.6. The molecule has 0 saturated carbocycles. The molecule has 4 heterocycles. The van der Waals surface area contributed by atoms with Gasteiger partial charge in [-0.05, 0) is 79.8 Å². The fourth-order valence-corrected chi connectivity index (χ4v) is 5.42. The van der Waals surface area contributed by atoms with Crippen LogP contribution in [0.2, 0.25) is 0 Å². The van der Waals surface area contributed by atoms with Gasteiger partial charge in [0.1, 0.15) is 11.5 Å². The highest BCUT2D eigenvalue weighted by atomic mass is 35.5. The fourth-order valence-electron chi connectivity index (χ4n) is 5.31. The average molecular weight is 625 g/mol. The first-order valence-electron chi connectivity index (χ1n) is 14.8. The first-order valence-corrected chi connectivity index (χ1v) is 15.1. The predicted molar refractivity (Wildman–Crippen MR) is 176 cm³/mol. The maximum absolute atomic E-state index is 15.2. The minimum atomic E-state index is -0.648. The van der Waals surface area contributed by atoms with Crippen molar-refractivity contribution < 1.29 is 9.18 Å². The molecule has 0 aliphatic carbocycles. The molecule has 0 spiro atoms. The van der Waals surface area contributed by atoms with Crippen molar-refractivity contribution in [3.63, 3.8) is 0 Å². The molecule has 1 aliphatic heterocycles. The Hall–Kier alpha value is -4.69. The van der Waals surface area contributed by atoms with Crippen LogP contribution in [0.3, 0.4) is 0 Å². The summed E-state index contributed by atoms with van der Waals surface area (Å²) in [5.41, 5.74) is 6.48. The summed E-state index contributed by atoms with van der Waals surface area (Å²) in [6, 6.07) is 12.5. The van der Waals surface area contributed by atoms with Crippen LogP contribution in [-0.2, 0) is 11.4 Å². The maximum Gasteiger partial charge on any atom is 0.258 e. The highest BCUT2D eigenvalue weighted by Gasteiger charge is 2.21. The Morgan fingerprint density at radius 3 is 2.69 bits per heavy atom. The minimum Gasteiger partial charge on any atom is -0.350 e. The summed E-state index contributed by atoms with van der Waals surface area (Å²) in [5.74, 6) is 5.09. The zero-order valence-corrected chi connectivity index (χ0v) is 26.1. The lowest BCUT2D eigenvalue weighted by Crippen LogP contribution is -2.42. The Kier molecular flexibility index (Phi) is 8.59. The molecule has 0 radical (unpaired) electrons. The van der Waals surface area contributed by atoms with Crippen molar-refractivity contribution in [3.05, 3.63) is 107 Å². The number of piperazine rings is 1. The number of anilines is 3. The van der Waals surface area contributed by atoms with E-state index in [0.717, 1.165) is 55.2 Å². The molecule has 1 saturated heterocycles. The van der Waals surface area contributed by atoms with Crippen LogP contribution in [0.1, 0.15) is 52.2 Å². The Morgan fingerprint density at radius 2 is 1.93 bits per heavy atom. The van der Waals surface area contributed by atoms with Crippen LogP contribution in [-0.4, -0.2) is 56.6 Å². The summed E-state index contributed by atoms with van der Waals surface area (Å²) >= 11 is 6.69. The number of imidazole rings is 1. The number of hydrogen-bond donors (Lipinski definition) is 4. The van der Waals surface area contributed by atoms with Crippen LogP contribution in [0.5, 0.6) is 0 Å². The van der Waals surface area contributed by atoms with Crippen LogP contribution >= 0.6 is 11.6 Å². The van der Waals surface area contributed by atoms with Gasteiger partial charge in [0.25, 0.3) is 5.91 Å². The number of hydrogen-bond acceptors (Lipinski definition) is 6. The van der Waals surface area contributed by atoms with E-state index in [4.69, 9.17) is 11.6 Å². The molecular weight excluding hydrogens is 591 g/mol. The molecule has 5 aromatic rings. The van der Waals surface area contributed by atoms with Crippen molar-refractivity contribution in [2.75, 3.05) is 36.8 Å². The van der Waals surface area contributed by atoms with Gasteiger partial charge >= 0.3 is 0 Å². The van der Waals surface area contributed by atoms with Gasteiger partial charge in [0.05, 0.1) is 34.2 Å². The van der Waals surface area contributed by atoms with Crippen LogP contribution in [0, 0.1) is 24.6 Å². The number of nitrogens with zero attached hydrogens (tertiary/aromatic N) is 4. The molecule has 2 aromatic carbocycles. The molecule has 3 aromatic heterocycles. The molecule has 0 bridgehead atoms. The molecular formula is C34H34ClFN8O. The molecule has 1 aliphatic rings. The van der Waals surface area contributed by atoms with E-state index < -0.39 is 16.6 Å². The number of nitrogens with one attached hydrogen (secondary N) is 4. The Morgan fingerprint density at radius 1 is 1.11 bits per heavy atom. The average Bonchev–Trinajstić information content (AvgIpc) is 3.67. The molecule has 6 rings (SSSR count). The van der Waals surface area contributed by atoms with Crippen LogP contribution in [0.25, 0.3) is 5.65 Å². The lowest BCUT2D eigenvalue weighted by molar-refractivity contribution is 0.102. The smallest absolute Gasteiger partial charge is 0.258 e. The summed E-state index contributed by atoms with van der Waals surface area (Å²) in [5, 5.41) is 16.3. The van der Waals surface area contributed by atoms with Crippen molar-refractivity contribution in [2.45, 2.75) is 32.2 Å². The van der Waals surface area contributed by atoms with Gasteiger partial charge in [-0.2, -0.15) is 5.10 Å². The number of aromatic amines is 1. The van der Waals surface area contributed by atoms with Crippen molar-refractivity contribution in [1.82, 2.24) is 29.8 Å². The minimum absolute atomic E-state index is 0.0890. The maximum atomic E-state index is 15.2. The molecule has 11 heteroatoms. The third-order valence-corrected chi connectivity index (χ3v) is 7.97. The van der Waals surface area contributed by atoms with Gasteiger partial charge in [0, 0.05) is 56.4 Å². The summed E-state index contributed by atoms with van der Waals surface area (Å²) in [6.07, 6.45) is 6.98. The van der Waals surface area contributed by atoms with Crippen molar-refractivity contribution >= 4 is 40.2 Å². The number of amides is 1. The van der Waals surface area contributed by atoms with Gasteiger partial charge in [0.15, 0.2) is 5.65 Å². The number of pyridine rings is 1. The van der Waals surface area contributed by atoms with E-state index in [0.29, 0.717) is 28.2 Å². The number of benzene rings is 2. The van der Waals surface area contributed by atoms with E-state index in [1.807, 2.05) is 48.7 Å². The van der Waals surface area contributed by atoms with Gasteiger partial charge in [-0.3, -0.25) is 19.2 Å². The Labute approximate surface area is 266 Å². The lowest BCUT2D eigenvalue weighted by Gasteiger charge is -2.28. The number of fused-ring (bicyclic) bond motifs is 1. The van der Waals surface area contributed by atoms with Crippen molar-refractivity contribution in [2.24, 2.45) is 0 Å². The molecule has 9 nitrogen and oxygen atoms in total. The van der Waals surface area contributed by atoms with Gasteiger partial charge in [0.2, 0.25) is 0 Å². The lowest BCUT2D eigenvalue weighted by atomic mass is 9.98. The summed E-state index contributed by atoms with van der Waals surface area (Å²) in [7, 11) is 0. The van der Waals surface area contributed by atoms with E-state index in [9.17, 15) is 4.79 Å². The second-order valence-corrected chi connectivity index (χ2v) is 12.6. The number of carbonyl (C=O) groups excluding carboxylic acids is 1. The van der Waals surface area contributed by atoms with Gasteiger partial charge in [-0.25, -0.2) is 9.37 Å². The fraction of sp³-hybridized carbons (Fsp3) is 0.265. The molecule has 1 fully saturated rings. The van der Waals surface area contributed by atoms with E-state index in [1.54, 1.807) is 25.5 Å². The molecule has 0 atom stereocenters. The number of aryl methyl sites for hydroxylation is 1.